The third-order valence-electron chi connectivity index (χ3n) is 4.77. The van der Waals surface area contributed by atoms with E-state index in [0.717, 1.165) is 18.2 Å². The van der Waals surface area contributed by atoms with E-state index in [1.807, 2.05) is 0 Å². The maximum Gasteiger partial charge on any atom is 0.258 e. The monoisotopic (exact) mass is 445 g/mol. The summed E-state index contributed by atoms with van der Waals surface area (Å²) >= 11 is 0. The lowest BCUT2D eigenvalue weighted by Gasteiger charge is -2.26. The molecule has 0 atom stereocenters. The van der Waals surface area contributed by atoms with E-state index in [1.54, 1.807) is 31.2 Å². The Morgan fingerprint density at radius 2 is 1.97 bits per heavy atom. The van der Waals surface area contributed by atoms with Crippen LogP contribution in [0.4, 0.5) is 10.1 Å². The average Bonchev–Trinajstić information content (AvgIpc) is 3.21. The number of anilines is 1. The Kier molecular flexibility index (Phi) is 5.81. The standard InChI is InChI=1S/C20H20FN5O4S/c1-13-22-19(25-24-13)14-3-2-4-15(11-14)23-20(27)17-12-16(5-6-18(17)21)31(28,29)26-7-9-30-10-8-26/h2-6,11-12H,7-10H2,1H3,(H,23,27)(H,22,24,25). The average molecular weight is 445 g/mol. The second-order valence-electron chi connectivity index (χ2n) is 6.94. The minimum absolute atomic E-state index is 0.147. The Labute approximate surface area is 178 Å². The minimum Gasteiger partial charge on any atom is -0.379 e. The summed E-state index contributed by atoms with van der Waals surface area (Å²) in [5.74, 6) is -0.484. The number of halogens is 1. The zero-order valence-electron chi connectivity index (χ0n) is 16.6. The number of carbonyl (C=O) groups is 1. The molecule has 4 rings (SSSR count). The second-order valence-corrected chi connectivity index (χ2v) is 8.88. The third-order valence-corrected chi connectivity index (χ3v) is 6.66. The van der Waals surface area contributed by atoms with Gasteiger partial charge in [0.05, 0.1) is 23.7 Å². The van der Waals surface area contributed by atoms with Crippen molar-refractivity contribution in [3.8, 4) is 11.4 Å². The minimum atomic E-state index is -3.86. The van der Waals surface area contributed by atoms with Gasteiger partial charge < -0.3 is 10.1 Å². The van der Waals surface area contributed by atoms with Gasteiger partial charge in [0.15, 0.2) is 5.82 Å². The molecule has 9 nitrogen and oxygen atoms in total. The summed E-state index contributed by atoms with van der Waals surface area (Å²) in [5.41, 5.74) is 0.686. The van der Waals surface area contributed by atoms with Crippen LogP contribution in [0.25, 0.3) is 11.4 Å². The Bertz CT molecular complexity index is 1220. The van der Waals surface area contributed by atoms with Crippen LogP contribution in [-0.2, 0) is 14.8 Å². The van der Waals surface area contributed by atoms with E-state index in [1.165, 1.54) is 4.31 Å². The van der Waals surface area contributed by atoms with E-state index < -0.39 is 21.7 Å². The molecule has 0 bridgehead atoms. The maximum atomic E-state index is 14.4. The van der Waals surface area contributed by atoms with Gasteiger partial charge in [0.25, 0.3) is 5.91 Å². The normalized spacial score (nSPS) is 15.0. The number of aryl methyl sites for hydroxylation is 1. The number of morpholine rings is 1. The number of hydrogen-bond donors (Lipinski definition) is 2. The van der Waals surface area contributed by atoms with Gasteiger partial charge in [0.2, 0.25) is 10.0 Å². The number of H-pyrrole nitrogens is 1. The topological polar surface area (TPSA) is 117 Å². The number of carbonyl (C=O) groups excluding carboxylic acids is 1. The van der Waals surface area contributed by atoms with Crippen molar-refractivity contribution in [1.29, 1.82) is 0 Å². The zero-order chi connectivity index (χ0) is 22.0. The predicted octanol–water partition coefficient (Wildman–Crippen LogP) is 2.19. The number of benzene rings is 2. The number of amides is 1. The molecule has 162 valence electrons. The van der Waals surface area contributed by atoms with Crippen LogP contribution in [-0.4, -0.2) is 60.1 Å². The van der Waals surface area contributed by atoms with E-state index >= 15 is 0 Å². The fourth-order valence-corrected chi connectivity index (χ4v) is 4.62. The summed E-state index contributed by atoms with van der Waals surface area (Å²) in [7, 11) is -3.86. The van der Waals surface area contributed by atoms with Crippen LogP contribution < -0.4 is 5.32 Å². The van der Waals surface area contributed by atoms with Gasteiger partial charge >= 0.3 is 0 Å². The summed E-state index contributed by atoms with van der Waals surface area (Å²) in [6, 6.07) is 9.94. The van der Waals surface area contributed by atoms with Crippen molar-refractivity contribution in [2.75, 3.05) is 31.6 Å². The van der Waals surface area contributed by atoms with Crippen molar-refractivity contribution in [2.45, 2.75) is 11.8 Å². The van der Waals surface area contributed by atoms with Gasteiger partial charge in [-0.25, -0.2) is 17.8 Å². The largest absolute Gasteiger partial charge is 0.379 e. The Hall–Kier alpha value is -3.15. The Morgan fingerprint density at radius 3 is 2.68 bits per heavy atom. The molecular formula is C20H20FN5O4S. The first kappa shape index (κ1) is 21.1. The second kappa shape index (κ2) is 8.53. The number of hydrogen-bond acceptors (Lipinski definition) is 6. The number of nitrogens with one attached hydrogen (secondary N) is 2. The molecule has 0 unspecified atom stereocenters. The molecule has 2 N–H and O–H groups in total. The van der Waals surface area contributed by atoms with Crippen molar-refractivity contribution in [3.05, 3.63) is 59.7 Å². The Morgan fingerprint density at radius 1 is 1.19 bits per heavy atom. The SMILES string of the molecule is Cc1nc(-c2cccc(NC(=O)c3cc(S(=O)(=O)N4CCOCC4)ccc3F)c2)n[nH]1. The summed E-state index contributed by atoms with van der Waals surface area (Å²) in [6.45, 7) is 2.75. The molecule has 1 amide bonds. The summed E-state index contributed by atoms with van der Waals surface area (Å²) < 4.78 is 46.5. The molecule has 2 aromatic carbocycles. The van der Waals surface area contributed by atoms with Crippen molar-refractivity contribution >= 4 is 21.6 Å². The molecule has 3 aromatic rings. The summed E-state index contributed by atoms with van der Waals surface area (Å²) in [6.07, 6.45) is 0. The number of rotatable bonds is 5. The molecule has 31 heavy (non-hydrogen) atoms. The fraction of sp³-hybridized carbons (Fsp3) is 0.250. The van der Waals surface area contributed by atoms with Crippen LogP contribution in [0, 0.1) is 12.7 Å². The van der Waals surface area contributed by atoms with Crippen molar-refractivity contribution in [1.82, 2.24) is 19.5 Å². The van der Waals surface area contributed by atoms with Crippen LogP contribution in [0.5, 0.6) is 0 Å². The fourth-order valence-electron chi connectivity index (χ4n) is 3.18. The lowest BCUT2D eigenvalue weighted by molar-refractivity contribution is 0.0730. The van der Waals surface area contributed by atoms with Crippen molar-refractivity contribution in [3.63, 3.8) is 0 Å². The molecule has 1 aliphatic heterocycles. The van der Waals surface area contributed by atoms with Gasteiger partial charge in [0.1, 0.15) is 11.6 Å². The van der Waals surface area contributed by atoms with Gasteiger partial charge in [-0.2, -0.15) is 9.40 Å². The van der Waals surface area contributed by atoms with Crippen molar-refractivity contribution < 1.29 is 22.3 Å². The van der Waals surface area contributed by atoms with Gasteiger partial charge in [-0.3, -0.25) is 9.89 Å². The van der Waals surface area contributed by atoms with Gasteiger partial charge in [-0.15, -0.1) is 0 Å². The van der Waals surface area contributed by atoms with Gasteiger partial charge in [-0.05, 0) is 37.3 Å². The lowest BCUT2D eigenvalue weighted by Crippen LogP contribution is -2.40. The first-order valence-corrected chi connectivity index (χ1v) is 11.0. The molecule has 0 aliphatic carbocycles. The van der Waals surface area contributed by atoms with E-state index in [9.17, 15) is 17.6 Å². The molecule has 1 aromatic heterocycles. The first-order chi connectivity index (χ1) is 14.8. The highest BCUT2D eigenvalue weighted by Crippen LogP contribution is 2.23. The molecular weight excluding hydrogens is 425 g/mol. The highest BCUT2D eigenvalue weighted by atomic mass is 32.2. The van der Waals surface area contributed by atoms with E-state index in [2.05, 4.69) is 20.5 Å². The van der Waals surface area contributed by atoms with Crippen LogP contribution in [0.1, 0.15) is 16.2 Å². The predicted molar refractivity (Wildman–Crippen MR) is 110 cm³/mol. The third kappa shape index (κ3) is 4.48. The molecule has 2 heterocycles. The van der Waals surface area contributed by atoms with E-state index in [-0.39, 0.29) is 36.8 Å². The molecule has 11 heteroatoms. The highest BCUT2D eigenvalue weighted by Gasteiger charge is 2.28. The molecule has 0 saturated carbocycles. The van der Waals surface area contributed by atoms with E-state index in [4.69, 9.17) is 4.74 Å². The van der Waals surface area contributed by atoms with Gasteiger partial charge in [0, 0.05) is 24.3 Å². The smallest absolute Gasteiger partial charge is 0.258 e. The number of aromatic amines is 1. The number of nitrogens with zero attached hydrogens (tertiary/aromatic N) is 3. The van der Waals surface area contributed by atoms with Crippen LogP contribution in [0.3, 0.4) is 0 Å². The van der Waals surface area contributed by atoms with Crippen LogP contribution in [0.2, 0.25) is 0 Å². The Balaban J connectivity index is 1.58. The number of aromatic nitrogens is 3. The lowest BCUT2D eigenvalue weighted by atomic mass is 10.1. The summed E-state index contributed by atoms with van der Waals surface area (Å²) in [4.78, 5) is 16.8. The highest BCUT2D eigenvalue weighted by molar-refractivity contribution is 7.89. The maximum absolute atomic E-state index is 14.4. The summed E-state index contributed by atoms with van der Waals surface area (Å²) in [5, 5.41) is 9.41. The van der Waals surface area contributed by atoms with Crippen molar-refractivity contribution in [2.24, 2.45) is 0 Å². The first-order valence-electron chi connectivity index (χ1n) is 9.53. The van der Waals surface area contributed by atoms with Gasteiger partial charge in [-0.1, -0.05) is 12.1 Å². The van der Waals surface area contributed by atoms with Crippen LogP contribution in [0.15, 0.2) is 47.4 Å². The zero-order valence-corrected chi connectivity index (χ0v) is 17.4. The molecule has 1 fully saturated rings. The number of ether oxygens (including phenoxy) is 1. The molecule has 0 spiro atoms. The molecule has 1 aliphatic rings. The van der Waals surface area contributed by atoms with E-state index in [0.29, 0.717) is 22.9 Å². The molecule has 0 radical (unpaired) electrons. The quantitative estimate of drug-likeness (QED) is 0.622. The number of sulfonamides is 1. The van der Waals surface area contributed by atoms with Crippen LogP contribution >= 0.6 is 0 Å². The molecule has 1 saturated heterocycles.